The van der Waals surface area contributed by atoms with Crippen molar-refractivity contribution < 1.29 is 4.79 Å². The molecule has 2 N–H and O–H groups in total. The van der Waals surface area contributed by atoms with Crippen LogP contribution in [0.4, 0.5) is 11.8 Å². The van der Waals surface area contributed by atoms with Crippen LogP contribution in [0.1, 0.15) is 13.8 Å². The molecule has 6 nitrogen and oxygen atoms in total. The number of nitrogens with one attached hydrogen (secondary N) is 2. The molecule has 1 amide bonds. The predicted octanol–water partition coefficient (Wildman–Crippen LogP) is 1.95. The van der Waals surface area contributed by atoms with Gasteiger partial charge in [0.2, 0.25) is 11.9 Å². The van der Waals surface area contributed by atoms with Gasteiger partial charge in [-0.1, -0.05) is 12.1 Å². The number of benzene rings is 1. The number of carbonyl (C=O) groups is 1. The minimum Gasteiger partial charge on any atom is -0.360 e. The fourth-order valence-electron chi connectivity index (χ4n) is 2.17. The molecule has 1 aromatic carbocycles. The standard InChI is InChI=1S/C15H21N5O/c1-4-20(5-2)13(21)10-17-14-11-8-6-7-9-12(11)18-15(16-3)19-14/h6-9H,4-5,10H2,1-3H3,(H2,16,17,18,19). The van der Waals surface area contributed by atoms with Gasteiger partial charge in [-0.3, -0.25) is 4.79 Å². The second-order valence-corrected chi connectivity index (χ2v) is 4.58. The lowest BCUT2D eigenvalue weighted by atomic mass is 10.2. The SMILES string of the molecule is CCN(CC)C(=O)CNc1nc(NC)nc2ccccc12. The van der Waals surface area contributed by atoms with Crippen LogP contribution in [0.2, 0.25) is 0 Å². The summed E-state index contributed by atoms with van der Waals surface area (Å²) in [6, 6.07) is 7.73. The molecule has 0 atom stereocenters. The Kier molecular flexibility index (Phi) is 4.92. The summed E-state index contributed by atoms with van der Waals surface area (Å²) in [5.41, 5.74) is 0.842. The Balaban J connectivity index is 2.23. The monoisotopic (exact) mass is 287 g/mol. The summed E-state index contributed by atoms with van der Waals surface area (Å²) in [6.45, 7) is 5.60. The number of carbonyl (C=O) groups excluding carboxylic acids is 1. The van der Waals surface area contributed by atoms with Crippen LogP contribution in [-0.2, 0) is 4.79 Å². The van der Waals surface area contributed by atoms with Gasteiger partial charge < -0.3 is 15.5 Å². The quantitative estimate of drug-likeness (QED) is 0.850. The second-order valence-electron chi connectivity index (χ2n) is 4.58. The number of anilines is 2. The summed E-state index contributed by atoms with van der Waals surface area (Å²) >= 11 is 0. The van der Waals surface area contributed by atoms with E-state index in [2.05, 4.69) is 20.6 Å². The molecular weight excluding hydrogens is 266 g/mol. The number of hydrogen-bond donors (Lipinski definition) is 2. The van der Waals surface area contributed by atoms with Crippen LogP contribution in [0, 0.1) is 0 Å². The van der Waals surface area contributed by atoms with Crippen molar-refractivity contribution in [3.63, 3.8) is 0 Å². The Hall–Kier alpha value is -2.37. The van der Waals surface area contributed by atoms with Crippen LogP contribution in [0.15, 0.2) is 24.3 Å². The zero-order valence-corrected chi connectivity index (χ0v) is 12.7. The Labute approximate surface area is 124 Å². The molecule has 2 aromatic rings. The van der Waals surface area contributed by atoms with Gasteiger partial charge in [0, 0.05) is 25.5 Å². The molecule has 112 valence electrons. The summed E-state index contributed by atoms with van der Waals surface area (Å²) in [7, 11) is 1.77. The van der Waals surface area contributed by atoms with Crippen molar-refractivity contribution in [2.75, 3.05) is 37.3 Å². The van der Waals surface area contributed by atoms with Crippen molar-refractivity contribution in [1.29, 1.82) is 0 Å². The number of amides is 1. The average molecular weight is 287 g/mol. The summed E-state index contributed by atoms with van der Waals surface area (Å²) < 4.78 is 0. The molecule has 0 unspecified atom stereocenters. The van der Waals surface area contributed by atoms with Gasteiger partial charge >= 0.3 is 0 Å². The van der Waals surface area contributed by atoms with E-state index in [1.807, 2.05) is 38.1 Å². The second kappa shape index (κ2) is 6.88. The molecule has 0 radical (unpaired) electrons. The molecular formula is C15H21N5O. The largest absolute Gasteiger partial charge is 0.360 e. The van der Waals surface area contributed by atoms with E-state index >= 15 is 0 Å². The molecule has 0 spiro atoms. The van der Waals surface area contributed by atoms with E-state index in [9.17, 15) is 4.79 Å². The molecule has 0 fully saturated rings. The first-order valence-electron chi connectivity index (χ1n) is 7.15. The third-order valence-corrected chi connectivity index (χ3v) is 3.35. The first-order chi connectivity index (χ1) is 10.2. The third kappa shape index (κ3) is 3.39. The molecule has 21 heavy (non-hydrogen) atoms. The van der Waals surface area contributed by atoms with Crippen LogP contribution in [0.25, 0.3) is 10.9 Å². The predicted molar refractivity (Wildman–Crippen MR) is 85.5 cm³/mol. The van der Waals surface area contributed by atoms with E-state index < -0.39 is 0 Å². The van der Waals surface area contributed by atoms with E-state index in [0.29, 0.717) is 24.9 Å². The minimum absolute atomic E-state index is 0.0636. The Bertz CT molecular complexity index is 624. The summed E-state index contributed by atoms with van der Waals surface area (Å²) in [5, 5.41) is 6.97. The fraction of sp³-hybridized carbons (Fsp3) is 0.400. The molecule has 2 rings (SSSR count). The van der Waals surface area contributed by atoms with Gasteiger partial charge in [0.25, 0.3) is 0 Å². The molecule has 0 aliphatic rings. The van der Waals surface area contributed by atoms with Gasteiger partial charge in [-0.25, -0.2) is 4.98 Å². The van der Waals surface area contributed by atoms with Gasteiger partial charge in [-0.05, 0) is 26.0 Å². The van der Waals surface area contributed by atoms with E-state index in [0.717, 1.165) is 10.9 Å². The van der Waals surface area contributed by atoms with E-state index in [4.69, 9.17) is 0 Å². The first-order valence-corrected chi connectivity index (χ1v) is 7.15. The van der Waals surface area contributed by atoms with E-state index in [1.165, 1.54) is 0 Å². The maximum Gasteiger partial charge on any atom is 0.241 e. The number of nitrogens with zero attached hydrogens (tertiary/aromatic N) is 3. The summed E-state index contributed by atoms with van der Waals surface area (Å²) in [5.74, 6) is 1.27. The van der Waals surface area contributed by atoms with E-state index in [1.54, 1.807) is 11.9 Å². The molecule has 0 aliphatic carbocycles. The molecule has 6 heteroatoms. The van der Waals surface area contributed by atoms with Crippen LogP contribution >= 0.6 is 0 Å². The van der Waals surface area contributed by atoms with Crippen LogP contribution < -0.4 is 10.6 Å². The number of para-hydroxylation sites is 1. The highest BCUT2D eigenvalue weighted by Crippen LogP contribution is 2.21. The number of likely N-dealkylation sites (N-methyl/N-ethyl adjacent to an activating group) is 1. The zero-order chi connectivity index (χ0) is 15.2. The van der Waals surface area contributed by atoms with Gasteiger partial charge in [0.15, 0.2) is 0 Å². The highest BCUT2D eigenvalue weighted by molar-refractivity contribution is 5.91. The normalized spacial score (nSPS) is 10.4. The summed E-state index contributed by atoms with van der Waals surface area (Å²) in [6.07, 6.45) is 0. The molecule has 0 saturated heterocycles. The third-order valence-electron chi connectivity index (χ3n) is 3.35. The van der Waals surface area contributed by atoms with Crippen LogP contribution in [-0.4, -0.2) is 47.5 Å². The molecule has 1 aromatic heterocycles. The van der Waals surface area contributed by atoms with Crippen LogP contribution in [0.5, 0.6) is 0 Å². The zero-order valence-electron chi connectivity index (χ0n) is 12.7. The van der Waals surface area contributed by atoms with Crippen LogP contribution in [0.3, 0.4) is 0 Å². The smallest absolute Gasteiger partial charge is 0.241 e. The van der Waals surface area contributed by atoms with Gasteiger partial charge in [0.1, 0.15) is 5.82 Å². The highest BCUT2D eigenvalue weighted by Gasteiger charge is 2.11. The van der Waals surface area contributed by atoms with Crippen molar-refractivity contribution >= 4 is 28.6 Å². The molecule has 0 aliphatic heterocycles. The Morgan fingerprint density at radius 3 is 2.57 bits per heavy atom. The van der Waals surface area contributed by atoms with Crippen molar-refractivity contribution in [2.24, 2.45) is 0 Å². The van der Waals surface area contributed by atoms with Gasteiger partial charge in [-0.2, -0.15) is 4.98 Å². The number of rotatable bonds is 6. The first kappa shape index (κ1) is 15.0. The molecule has 0 saturated carbocycles. The summed E-state index contributed by atoms with van der Waals surface area (Å²) in [4.78, 5) is 22.7. The minimum atomic E-state index is 0.0636. The van der Waals surface area contributed by atoms with Crippen molar-refractivity contribution in [1.82, 2.24) is 14.9 Å². The topological polar surface area (TPSA) is 70.2 Å². The molecule has 1 heterocycles. The van der Waals surface area contributed by atoms with Crippen molar-refractivity contribution in [2.45, 2.75) is 13.8 Å². The Morgan fingerprint density at radius 1 is 1.19 bits per heavy atom. The maximum absolute atomic E-state index is 12.1. The fourth-order valence-corrected chi connectivity index (χ4v) is 2.17. The maximum atomic E-state index is 12.1. The highest BCUT2D eigenvalue weighted by atomic mass is 16.2. The van der Waals surface area contributed by atoms with Crippen molar-refractivity contribution in [3.8, 4) is 0 Å². The number of aromatic nitrogens is 2. The lowest BCUT2D eigenvalue weighted by molar-refractivity contribution is -0.128. The van der Waals surface area contributed by atoms with Gasteiger partial charge in [-0.15, -0.1) is 0 Å². The lowest BCUT2D eigenvalue weighted by Crippen LogP contribution is -2.35. The lowest BCUT2D eigenvalue weighted by Gasteiger charge is -2.19. The molecule has 0 bridgehead atoms. The number of fused-ring (bicyclic) bond motifs is 1. The number of hydrogen-bond acceptors (Lipinski definition) is 5. The van der Waals surface area contributed by atoms with Crippen molar-refractivity contribution in [3.05, 3.63) is 24.3 Å². The average Bonchev–Trinajstić information content (AvgIpc) is 2.53. The van der Waals surface area contributed by atoms with Gasteiger partial charge in [0.05, 0.1) is 12.1 Å². The Morgan fingerprint density at radius 2 is 1.90 bits per heavy atom. The van der Waals surface area contributed by atoms with E-state index in [-0.39, 0.29) is 12.5 Å².